The van der Waals surface area contributed by atoms with Gasteiger partial charge in [0.15, 0.2) is 5.78 Å². The molecule has 1 amide bonds. The third kappa shape index (κ3) is 1.66. The monoisotopic (exact) mass is 213 g/mol. The normalized spacial score (nSPS) is 36.7. The number of amides is 1. The highest BCUT2D eigenvalue weighted by atomic mass is 16.3. The summed E-state index contributed by atoms with van der Waals surface area (Å²) >= 11 is 0. The van der Waals surface area contributed by atoms with Gasteiger partial charge in [-0.25, -0.2) is 0 Å². The van der Waals surface area contributed by atoms with Crippen molar-refractivity contribution in [2.75, 3.05) is 13.2 Å². The number of Topliss-reactive ketones (excluding diaryl/α,β-unsaturated/α-hetero) is 1. The fourth-order valence-electron chi connectivity index (χ4n) is 2.44. The molecule has 2 aliphatic rings. The lowest BCUT2D eigenvalue weighted by atomic mass is 9.90. The molecule has 15 heavy (non-hydrogen) atoms. The zero-order chi connectivity index (χ0) is 11.1. The maximum atomic E-state index is 11.6. The van der Waals surface area contributed by atoms with Gasteiger partial charge in [0.1, 0.15) is 5.60 Å². The van der Waals surface area contributed by atoms with Gasteiger partial charge in [0, 0.05) is 19.0 Å². The van der Waals surface area contributed by atoms with Gasteiger partial charge in [-0.1, -0.05) is 0 Å². The second-order valence-corrected chi connectivity index (χ2v) is 4.38. The van der Waals surface area contributed by atoms with Crippen LogP contribution >= 0.6 is 0 Å². The molecule has 0 unspecified atom stereocenters. The quantitative estimate of drug-likeness (QED) is 0.551. The molecule has 0 aromatic rings. The third-order valence-electron chi connectivity index (χ3n) is 3.36. The average Bonchev–Trinajstić information content (AvgIpc) is 2.62. The molecule has 2 atom stereocenters. The van der Waals surface area contributed by atoms with Gasteiger partial charge >= 0.3 is 0 Å². The van der Waals surface area contributed by atoms with Crippen molar-refractivity contribution in [2.24, 2.45) is 0 Å². The molecule has 0 spiro atoms. The molecule has 0 aromatic carbocycles. The SMILES string of the molecule is O=C1CC(=O)[C@](O)(CO)C[C@H]2CCCN12. The maximum Gasteiger partial charge on any atom is 0.230 e. The lowest BCUT2D eigenvalue weighted by Gasteiger charge is -2.26. The standard InChI is InChI=1S/C10H15NO4/c12-6-10(15)5-7-2-1-3-11(7)9(14)4-8(10)13/h7,12,15H,1-6H2/t7-,10-/m1/s1. The Bertz CT molecular complexity index is 304. The lowest BCUT2D eigenvalue weighted by molar-refractivity contribution is -0.143. The molecule has 0 radical (unpaired) electrons. The van der Waals surface area contributed by atoms with Crippen LogP contribution in [0.4, 0.5) is 0 Å². The molecule has 0 bridgehead atoms. The van der Waals surface area contributed by atoms with E-state index in [9.17, 15) is 14.7 Å². The molecule has 2 saturated heterocycles. The minimum atomic E-state index is -1.71. The van der Waals surface area contributed by atoms with Crippen molar-refractivity contribution in [3.63, 3.8) is 0 Å². The van der Waals surface area contributed by atoms with Gasteiger partial charge in [0.25, 0.3) is 0 Å². The first kappa shape index (κ1) is 10.6. The van der Waals surface area contributed by atoms with Crippen molar-refractivity contribution >= 4 is 11.7 Å². The maximum absolute atomic E-state index is 11.6. The zero-order valence-corrected chi connectivity index (χ0v) is 8.48. The summed E-state index contributed by atoms with van der Waals surface area (Å²) in [4.78, 5) is 24.8. The van der Waals surface area contributed by atoms with Crippen LogP contribution in [0.25, 0.3) is 0 Å². The van der Waals surface area contributed by atoms with Gasteiger partial charge in [0.2, 0.25) is 5.91 Å². The Balaban J connectivity index is 2.26. The number of carbonyl (C=O) groups excluding carboxylic acids is 2. The molecule has 2 heterocycles. The van der Waals surface area contributed by atoms with Gasteiger partial charge in [-0.05, 0) is 12.8 Å². The number of ketones is 1. The number of carbonyl (C=O) groups is 2. The van der Waals surface area contributed by atoms with Gasteiger partial charge in [0.05, 0.1) is 13.0 Å². The van der Waals surface area contributed by atoms with E-state index >= 15 is 0 Å². The Hall–Kier alpha value is -0.940. The van der Waals surface area contributed by atoms with Crippen molar-refractivity contribution in [1.82, 2.24) is 4.90 Å². The summed E-state index contributed by atoms with van der Waals surface area (Å²) in [6.45, 7) is 0.0712. The molecule has 0 aromatic heterocycles. The second kappa shape index (κ2) is 3.57. The van der Waals surface area contributed by atoms with Gasteiger partial charge < -0.3 is 15.1 Å². The molecular formula is C10H15NO4. The molecule has 5 heteroatoms. The fraction of sp³-hybridized carbons (Fsp3) is 0.800. The van der Waals surface area contributed by atoms with Crippen molar-refractivity contribution in [2.45, 2.75) is 37.3 Å². The van der Waals surface area contributed by atoms with Crippen LogP contribution in [0, 0.1) is 0 Å². The summed E-state index contributed by atoms with van der Waals surface area (Å²) in [5.41, 5.74) is -1.71. The minimum absolute atomic E-state index is 0.0823. The van der Waals surface area contributed by atoms with E-state index in [1.807, 2.05) is 0 Å². The first-order valence-corrected chi connectivity index (χ1v) is 5.23. The van der Waals surface area contributed by atoms with Crippen LogP contribution in [0.1, 0.15) is 25.7 Å². The van der Waals surface area contributed by atoms with Crippen LogP contribution in [-0.2, 0) is 9.59 Å². The van der Waals surface area contributed by atoms with Crippen LogP contribution in [-0.4, -0.2) is 51.6 Å². The first-order valence-electron chi connectivity index (χ1n) is 5.23. The predicted octanol–water partition coefficient (Wildman–Crippen LogP) is -0.936. The Morgan fingerprint density at radius 1 is 1.47 bits per heavy atom. The Kier molecular flexibility index (Phi) is 2.52. The summed E-state index contributed by atoms with van der Waals surface area (Å²) in [5.74, 6) is -0.767. The molecule has 2 fully saturated rings. The molecule has 84 valence electrons. The van der Waals surface area contributed by atoms with Crippen LogP contribution in [0.2, 0.25) is 0 Å². The van der Waals surface area contributed by atoms with E-state index in [1.165, 1.54) is 0 Å². The Morgan fingerprint density at radius 2 is 2.20 bits per heavy atom. The van der Waals surface area contributed by atoms with E-state index < -0.39 is 18.0 Å². The van der Waals surface area contributed by atoms with E-state index in [-0.39, 0.29) is 24.8 Å². The number of nitrogens with zero attached hydrogens (tertiary/aromatic N) is 1. The lowest BCUT2D eigenvalue weighted by Crippen LogP contribution is -2.44. The minimum Gasteiger partial charge on any atom is -0.393 e. The van der Waals surface area contributed by atoms with Gasteiger partial charge in [-0.15, -0.1) is 0 Å². The zero-order valence-electron chi connectivity index (χ0n) is 8.48. The van der Waals surface area contributed by atoms with Crippen LogP contribution in [0.15, 0.2) is 0 Å². The molecule has 2 N–H and O–H groups in total. The van der Waals surface area contributed by atoms with Gasteiger partial charge in [-0.2, -0.15) is 0 Å². The van der Waals surface area contributed by atoms with E-state index in [1.54, 1.807) is 4.90 Å². The highest BCUT2D eigenvalue weighted by Crippen LogP contribution is 2.30. The number of hydrogen-bond acceptors (Lipinski definition) is 4. The number of fused-ring (bicyclic) bond motifs is 1. The van der Waals surface area contributed by atoms with Crippen molar-refractivity contribution in [1.29, 1.82) is 0 Å². The largest absolute Gasteiger partial charge is 0.393 e. The molecule has 5 nitrogen and oxygen atoms in total. The van der Waals surface area contributed by atoms with Crippen molar-refractivity contribution < 1.29 is 19.8 Å². The Morgan fingerprint density at radius 3 is 2.87 bits per heavy atom. The summed E-state index contributed by atoms with van der Waals surface area (Å²) in [7, 11) is 0. The Labute approximate surface area is 87.7 Å². The van der Waals surface area contributed by atoms with E-state index in [4.69, 9.17) is 5.11 Å². The summed E-state index contributed by atoms with van der Waals surface area (Å²) in [6, 6.07) is -0.0823. The average molecular weight is 213 g/mol. The number of aliphatic hydroxyl groups is 2. The van der Waals surface area contributed by atoms with E-state index in [0.29, 0.717) is 6.54 Å². The molecule has 0 aliphatic carbocycles. The highest BCUT2D eigenvalue weighted by molar-refractivity contribution is 6.03. The molecular weight excluding hydrogens is 198 g/mol. The van der Waals surface area contributed by atoms with Crippen LogP contribution in [0.5, 0.6) is 0 Å². The highest BCUT2D eigenvalue weighted by Gasteiger charge is 2.45. The summed E-state index contributed by atoms with van der Waals surface area (Å²) in [6.07, 6.45) is 1.61. The predicted molar refractivity (Wildman–Crippen MR) is 51.0 cm³/mol. The third-order valence-corrected chi connectivity index (χ3v) is 3.36. The second-order valence-electron chi connectivity index (χ2n) is 4.38. The molecule has 2 rings (SSSR count). The first-order chi connectivity index (χ1) is 7.07. The van der Waals surface area contributed by atoms with Crippen molar-refractivity contribution in [3.05, 3.63) is 0 Å². The van der Waals surface area contributed by atoms with Crippen LogP contribution in [0.3, 0.4) is 0 Å². The van der Waals surface area contributed by atoms with Crippen molar-refractivity contribution in [3.8, 4) is 0 Å². The van der Waals surface area contributed by atoms with E-state index in [0.717, 1.165) is 12.8 Å². The fourth-order valence-corrected chi connectivity index (χ4v) is 2.44. The summed E-state index contributed by atoms with van der Waals surface area (Å²) in [5, 5.41) is 19.0. The molecule has 2 aliphatic heterocycles. The van der Waals surface area contributed by atoms with Crippen LogP contribution < -0.4 is 0 Å². The van der Waals surface area contributed by atoms with E-state index in [2.05, 4.69) is 0 Å². The smallest absolute Gasteiger partial charge is 0.230 e. The summed E-state index contributed by atoms with van der Waals surface area (Å²) < 4.78 is 0. The number of aliphatic hydroxyl groups excluding tert-OH is 1. The topological polar surface area (TPSA) is 77.8 Å². The number of rotatable bonds is 1. The molecule has 0 saturated carbocycles. The number of hydrogen-bond donors (Lipinski definition) is 2. The van der Waals surface area contributed by atoms with Gasteiger partial charge in [-0.3, -0.25) is 9.59 Å².